The molecule has 0 bridgehead atoms. The fraction of sp³-hybridized carbons (Fsp3) is 0.647. The molecule has 0 spiro atoms. The van der Waals surface area contributed by atoms with Gasteiger partial charge in [0.25, 0.3) is 0 Å². The molecule has 5 heteroatoms. The van der Waals surface area contributed by atoms with Crippen LogP contribution >= 0.6 is 28.3 Å². The van der Waals surface area contributed by atoms with Gasteiger partial charge in [-0.25, -0.2) is 0 Å². The Hall–Kier alpha value is -0.450. The summed E-state index contributed by atoms with van der Waals surface area (Å²) in [7, 11) is 0. The average Bonchev–Trinajstić information content (AvgIpc) is 2.74. The highest BCUT2D eigenvalue weighted by molar-refractivity contribution is 9.11. The first-order chi connectivity index (χ1) is 10.3. The van der Waals surface area contributed by atoms with Crippen molar-refractivity contribution < 1.29 is 4.74 Å². The highest BCUT2D eigenvalue weighted by Crippen LogP contribution is 2.47. The number of hydrogen-bond donors (Lipinski definition) is 1. The smallest absolute Gasteiger partial charge is 0.144 e. The molecule has 2 heterocycles. The molecule has 4 rings (SSSR count). The summed E-state index contributed by atoms with van der Waals surface area (Å²) in [6.07, 6.45) is 9.98. The van der Waals surface area contributed by atoms with E-state index >= 15 is 0 Å². The molecule has 0 aromatic heterocycles. The number of hydrogen-bond acceptors (Lipinski definition) is 3. The van der Waals surface area contributed by atoms with Crippen LogP contribution in [-0.2, 0) is 4.74 Å². The van der Waals surface area contributed by atoms with Crippen molar-refractivity contribution in [2.24, 2.45) is 0 Å². The van der Waals surface area contributed by atoms with Crippen LogP contribution in [0.5, 0.6) is 0 Å². The van der Waals surface area contributed by atoms with E-state index in [1.165, 1.54) is 48.8 Å². The maximum absolute atomic E-state index is 6.04. The van der Waals surface area contributed by atoms with Gasteiger partial charge in [0, 0.05) is 28.8 Å². The molecule has 3 atom stereocenters. The van der Waals surface area contributed by atoms with E-state index in [-0.39, 0.29) is 18.5 Å². The first-order valence-corrected chi connectivity index (χ1v) is 9.00. The number of fused-ring (bicyclic) bond motifs is 2. The normalized spacial score (nSPS) is 33.5. The Morgan fingerprint density at radius 1 is 1.32 bits per heavy atom. The Bertz CT molecular complexity index is 543. The first-order valence-electron chi connectivity index (χ1n) is 8.21. The predicted molar refractivity (Wildman–Crippen MR) is 95.3 cm³/mol. The van der Waals surface area contributed by atoms with Gasteiger partial charge in [0.05, 0.1) is 12.3 Å². The molecular formula is C17H24BrClN2O. The van der Waals surface area contributed by atoms with Gasteiger partial charge in [-0.15, -0.1) is 12.4 Å². The molecule has 0 saturated heterocycles. The summed E-state index contributed by atoms with van der Waals surface area (Å²) in [5, 5.41) is 3.51. The third-order valence-corrected chi connectivity index (χ3v) is 6.11. The molecule has 0 amide bonds. The van der Waals surface area contributed by atoms with Crippen molar-refractivity contribution >= 4 is 28.3 Å². The summed E-state index contributed by atoms with van der Waals surface area (Å²) in [5.74, 6) is 0. The molecular weight excluding hydrogens is 364 g/mol. The SMILES string of the molecule is CCCN1CC2=C3C(=C(Br)CCC31)C1OC=CNC1CC2.Cl. The summed E-state index contributed by atoms with van der Waals surface area (Å²) < 4.78 is 7.41. The van der Waals surface area contributed by atoms with E-state index in [2.05, 4.69) is 33.1 Å². The van der Waals surface area contributed by atoms with Gasteiger partial charge in [0.2, 0.25) is 0 Å². The van der Waals surface area contributed by atoms with Crippen LogP contribution in [-0.4, -0.2) is 36.2 Å². The number of halogens is 2. The molecule has 22 heavy (non-hydrogen) atoms. The second-order valence-electron chi connectivity index (χ2n) is 6.53. The third-order valence-electron chi connectivity index (χ3n) is 5.29. The zero-order valence-electron chi connectivity index (χ0n) is 13.0. The van der Waals surface area contributed by atoms with Crippen LogP contribution in [0.15, 0.2) is 33.7 Å². The Kier molecular flexibility index (Phi) is 4.91. The summed E-state index contributed by atoms with van der Waals surface area (Å²) in [6.45, 7) is 4.67. The van der Waals surface area contributed by atoms with Crippen LogP contribution in [0.25, 0.3) is 0 Å². The molecule has 122 valence electrons. The molecule has 0 saturated carbocycles. The third kappa shape index (κ3) is 2.53. The molecule has 3 unspecified atom stereocenters. The van der Waals surface area contributed by atoms with Gasteiger partial charge in [-0.1, -0.05) is 28.4 Å². The van der Waals surface area contributed by atoms with Crippen LogP contribution < -0.4 is 5.32 Å². The van der Waals surface area contributed by atoms with Crippen LogP contribution in [0.1, 0.15) is 39.0 Å². The Balaban J connectivity index is 0.00000144. The van der Waals surface area contributed by atoms with Crippen LogP contribution in [0.4, 0.5) is 0 Å². The van der Waals surface area contributed by atoms with Gasteiger partial charge in [-0.3, -0.25) is 4.90 Å². The molecule has 0 fully saturated rings. The number of nitrogens with zero attached hydrogens (tertiary/aromatic N) is 1. The van der Waals surface area contributed by atoms with Gasteiger partial charge in [0.15, 0.2) is 0 Å². The van der Waals surface area contributed by atoms with E-state index in [0.717, 1.165) is 6.42 Å². The predicted octanol–water partition coefficient (Wildman–Crippen LogP) is 3.86. The molecule has 3 nitrogen and oxygen atoms in total. The lowest BCUT2D eigenvalue weighted by molar-refractivity contribution is 0.117. The zero-order valence-corrected chi connectivity index (χ0v) is 15.4. The van der Waals surface area contributed by atoms with Crippen molar-refractivity contribution in [1.29, 1.82) is 0 Å². The number of ether oxygens (including phenoxy) is 1. The lowest BCUT2D eigenvalue weighted by atomic mass is 9.84. The molecule has 2 aliphatic carbocycles. The molecule has 0 aromatic carbocycles. The van der Waals surface area contributed by atoms with Crippen molar-refractivity contribution in [3.8, 4) is 0 Å². The van der Waals surface area contributed by atoms with E-state index in [9.17, 15) is 0 Å². The van der Waals surface area contributed by atoms with Gasteiger partial charge in [0.1, 0.15) is 6.10 Å². The lowest BCUT2D eigenvalue weighted by Crippen LogP contribution is -2.44. The molecule has 4 aliphatic rings. The molecule has 1 N–H and O–H groups in total. The maximum atomic E-state index is 6.04. The van der Waals surface area contributed by atoms with E-state index in [1.807, 2.05) is 12.5 Å². The monoisotopic (exact) mass is 386 g/mol. The average molecular weight is 388 g/mol. The fourth-order valence-corrected chi connectivity index (χ4v) is 5.11. The summed E-state index contributed by atoms with van der Waals surface area (Å²) >= 11 is 3.86. The van der Waals surface area contributed by atoms with Crippen molar-refractivity contribution in [2.75, 3.05) is 13.1 Å². The molecule has 0 aromatic rings. The van der Waals surface area contributed by atoms with E-state index in [4.69, 9.17) is 4.74 Å². The Labute approximate surface area is 147 Å². The molecule has 2 aliphatic heterocycles. The van der Waals surface area contributed by atoms with Crippen LogP contribution in [0, 0.1) is 0 Å². The van der Waals surface area contributed by atoms with Crippen molar-refractivity contribution in [1.82, 2.24) is 10.2 Å². The second kappa shape index (κ2) is 6.58. The van der Waals surface area contributed by atoms with Crippen molar-refractivity contribution in [2.45, 2.75) is 57.2 Å². The highest BCUT2D eigenvalue weighted by Gasteiger charge is 2.44. The van der Waals surface area contributed by atoms with Crippen molar-refractivity contribution in [3.05, 3.63) is 33.7 Å². The summed E-state index contributed by atoms with van der Waals surface area (Å²) in [4.78, 5) is 2.69. The van der Waals surface area contributed by atoms with Crippen molar-refractivity contribution in [3.63, 3.8) is 0 Å². The van der Waals surface area contributed by atoms with E-state index in [1.54, 1.807) is 11.1 Å². The fourth-order valence-electron chi connectivity index (χ4n) is 4.45. The topological polar surface area (TPSA) is 24.5 Å². The van der Waals surface area contributed by atoms with Crippen LogP contribution in [0.3, 0.4) is 0 Å². The summed E-state index contributed by atoms with van der Waals surface area (Å²) in [6, 6.07) is 1.05. The highest BCUT2D eigenvalue weighted by atomic mass is 79.9. The minimum Gasteiger partial charge on any atom is -0.490 e. The minimum absolute atomic E-state index is 0. The largest absolute Gasteiger partial charge is 0.490 e. The lowest BCUT2D eigenvalue weighted by Gasteiger charge is -2.37. The Morgan fingerprint density at radius 2 is 2.18 bits per heavy atom. The number of allylic oxidation sites excluding steroid dienone is 1. The van der Waals surface area contributed by atoms with Gasteiger partial charge in [-0.05, 0) is 44.2 Å². The summed E-state index contributed by atoms with van der Waals surface area (Å²) in [5.41, 5.74) is 4.74. The molecule has 0 radical (unpaired) electrons. The minimum atomic E-state index is 0. The quantitative estimate of drug-likeness (QED) is 0.778. The Morgan fingerprint density at radius 3 is 3.00 bits per heavy atom. The second-order valence-corrected chi connectivity index (χ2v) is 7.49. The van der Waals surface area contributed by atoms with E-state index < -0.39 is 0 Å². The van der Waals surface area contributed by atoms with Crippen LogP contribution in [0.2, 0.25) is 0 Å². The first kappa shape index (κ1) is 16.4. The van der Waals surface area contributed by atoms with Gasteiger partial charge in [-0.2, -0.15) is 0 Å². The zero-order chi connectivity index (χ0) is 14.4. The standard InChI is InChI=1S/C17H23BrN2O.ClH/c1-2-8-20-10-11-3-5-13-17(21-9-7-19-13)16-12(18)4-6-14(20)15(11)16;/h7,9,13-14,17,19H,2-6,8,10H2,1H3;1H. The van der Waals surface area contributed by atoms with Gasteiger partial charge >= 0.3 is 0 Å². The maximum Gasteiger partial charge on any atom is 0.144 e. The van der Waals surface area contributed by atoms with E-state index in [0.29, 0.717) is 12.1 Å². The number of rotatable bonds is 2. The van der Waals surface area contributed by atoms with Gasteiger partial charge < -0.3 is 10.1 Å². The number of nitrogens with one attached hydrogen (secondary N) is 1.